The molecular weight excluding hydrogens is 420 g/mol. The molecule has 1 heterocycles. The molecule has 0 spiro atoms. The first-order valence-electron chi connectivity index (χ1n) is 8.44. The molecule has 10 heteroatoms. The maximum atomic E-state index is 13.8. The van der Waals surface area contributed by atoms with Gasteiger partial charge in [-0.3, -0.25) is 9.52 Å². The molecule has 0 saturated heterocycles. The van der Waals surface area contributed by atoms with E-state index in [1.54, 1.807) is 24.3 Å². The van der Waals surface area contributed by atoms with E-state index in [9.17, 15) is 22.0 Å². The number of nitrogens with one attached hydrogen (secondary N) is 2. The van der Waals surface area contributed by atoms with Crippen LogP contribution in [-0.4, -0.2) is 25.6 Å². The van der Waals surface area contributed by atoms with Crippen LogP contribution < -0.4 is 10.0 Å². The quantitative estimate of drug-likeness (QED) is 0.592. The Morgan fingerprint density at radius 3 is 2.62 bits per heavy atom. The van der Waals surface area contributed by atoms with Gasteiger partial charge in [0.15, 0.2) is 5.13 Å². The Labute approximate surface area is 170 Å². The molecule has 0 fully saturated rings. The van der Waals surface area contributed by atoms with E-state index in [4.69, 9.17) is 0 Å². The number of thiazole rings is 1. The lowest BCUT2D eigenvalue weighted by Gasteiger charge is -2.10. The SMILES string of the molecule is CS(=O)(=O)Nc1ccccc1CC(=O)Nc1ncc(Cc2ccc(F)cc2F)s1. The largest absolute Gasteiger partial charge is 0.302 e. The topological polar surface area (TPSA) is 88.2 Å². The minimum Gasteiger partial charge on any atom is -0.302 e. The summed E-state index contributed by atoms with van der Waals surface area (Å²) in [6.07, 6.45) is 2.72. The predicted molar refractivity (Wildman–Crippen MR) is 109 cm³/mol. The lowest BCUT2D eigenvalue weighted by atomic mass is 10.1. The highest BCUT2D eigenvalue weighted by atomic mass is 32.2. The number of hydrogen-bond acceptors (Lipinski definition) is 5. The Hall–Kier alpha value is -2.85. The highest BCUT2D eigenvalue weighted by molar-refractivity contribution is 7.92. The Bertz CT molecular complexity index is 1150. The van der Waals surface area contributed by atoms with Crippen molar-refractivity contribution in [1.82, 2.24) is 4.98 Å². The molecule has 1 amide bonds. The molecule has 3 rings (SSSR count). The van der Waals surface area contributed by atoms with Crippen molar-refractivity contribution in [2.75, 3.05) is 16.3 Å². The van der Waals surface area contributed by atoms with Crippen molar-refractivity contribution < 1.29 is 22.0 Å². The summed E-state index contributed by atoms with van der Waals surface area (Å²) in [5.74, 6) is -1.66. The molecular formula is C19H17F2N3O3S2. The Kier molecular flexibility index (Phi) is 6.23. The second-order valence-corrected chi connectivity index (χ2v) is 9.16. The summed E-state index contributed by atoms with van der Waals surface area (Å²) in [6, 6.07) is 9.96. The number of amides is 1. The maximum absolute atomic E-state index is 13.8. The van der Waals surface area contributed by atoms with Crippen LogP contribution in [0, 0.1) is 11.6 Å². The molecule has 0 radical (unpaired) electrons. The van der Waals surface area contributed by atoms with Crippen molar-refractivity contribution in [1.29, 1.82) is 0 Å². The molecule has 0 atom stereocenters. The predicted octanol–water partition coefficient (Wildman–Crippen LogP) is 3.56. The maximum Gasteiger partial charge on any atom is 0.230 e. The minimum absolute atomic E-state index is 0.0554. The Morgan fingerprint density at radius 2 is 1.90 bits per heavy atom. The molecule has 3 aromatic rings. The van der Waals surface area contributed by atoms with E-state index in [2.05, 4.69) is 15.0 Å². The molecule has 0 aliphatic carbocycles. The van der Waals surface area contributed by atoms with E-state index in [-0.39, 0.29) is 18.7 Å². The number of halogens is 2. The summed E-state index contributed by atoms with van der Waals surface area (Å²) in [5, 5.41) is 2.98. The first-order valence-corrected chi connectivity index (χ1v) is 11.1. The molecule has 152 valence electrons. The smallest absolute Gasteiger partial charge is 0.230 e. The zero-order valence-corrected chi connectivity index (χ0v) is 16.9. The highest BCUT2D eigenvalue weighted by Gasteiger charge is 2.13. The van der Waals surface area contributed by atoms with Gasteiger partial charge in [0, 0.05) is 23.6 Å². The monoisotopic (exact) mass is 437 g/mol. The number of benzene rings is 2. The van der Waals surface area contributed by atoms with E-state index in [0.717, 1.165) is 12.3 Å². The summed E-state index contributed by atoms with van der Waals surface area (Å²) in [5.41, 5.74) is 1.17. The summed E-state index contributed by atoms with van der Waals surface area (Å²) in [7, 11) is -3.47. The van der Waals surface area contributed by atoms with E-state index >= 15 is 0 Å². The van der Waals surface area contributed by atoms with Gasteiger partial charge in [0.1, 0.15) is 11.6 Å². The number of sulfonamides is 1. The summed E-state index contributed by atoms with van der Waals surface area (Å²) >= 11 is 1.18. The van der Waals surface area contributed by atoms with Crippen LogP contribution >= 0.6 is 11.3 Å². The van der Waals surface area contributed by atoms with Crippen molar-refractivity contribution >= 4 is 38.1 Å². The van der Waals surface area contributed by atoms with Crippen LogP contribution in [0.15, 0.2) is 48.7 Å². The fourth-order valence-electron chi connectivity index (χ4n) is 2.61. The van der Waals surface area contributed by atoms with E-state index in [0.29, 0.717) is 26.8 Å². The van der Waals surface area contributed by atoms with Gasteiger partial charge in [-0.1, -0.05) is 24.3 Å². The van der Waals surface area contributed by atoms with Gasteiger partial charge in [0.2, 0.25) is 15.9 Å². The van der Waals surface area contributed by atoms with Crippen LogP contribution in [0.2, 0.25) is 0 Å². The normalized spacial score (nSPS) is 11.3. The van der Waals surface area contributed by atoms with Gasteiger partial charge in [-0.25, -0.2) is 22.2 Å². The molecule has 0 saturated carbocycles. The molecule has 29 heavy (non-hydrogen) atoms. The van der Waals surface area contributed by atoms with Gasteiger partial charge >= 0.3 is 0 Å². The first kappa shape index (κ1) is 20.9. The first-order chi connectivity index (χ1) is 13.7. The van der Waals surface area contributed by atoms with Gasteiger partial charge in [0.05, 0.1) is 18.4 Å². The number of carbonyl (C=O) groups is 1. The molecule has 0 aliphatic rings. The molecule has 0 unspecified atom stereocenters. The Balaban J connectivity index is 1.65. The van der Waals surface area contributed by atoms with Crippen LogP contribution in [-0.2, 0) is 27.7 Å². The highest BCUT2D eigenvalue weighted by Crippen LogP contribution is 2.23. The minimum atomic E-state index is -3.47. The number of anilines is 2. The van der Waals surface area contributed by atoms with Crippen LogP contribution in [0.4, 0.5) is 19.6 Å². The van der Waals surface area contributed by atoms with E-state index in [1.165, 1.54) is 29.7 Å². The number of carbonyl (C=O) groups excluding carboxylic acids is 1. The molecule has 2 N–H and O–H groups in total. The van der Waals surface area contributed by atoms with E-state index in [1.807, 2.05) is 0 Å². The number of para-hydroxylation sites is 1. The molecule has 0 bridgehead atoms. The average Bonchev–Trinajstić information content (AvgIpc) is 3.05. The van der Waals surface area contributed by atoms with Gasteiger partial charge in [0.25, 0.3) is 0 Å². The third-order valence-corrected chi connectivity index (χ3v) is 5.35. The molecule has 1 aromatic heterocycles. The van der Waals surface area contributed by atoms with Gasteiger partial charge in [-0.05, 0) is 23.3 Å². The zero-order valence-electron chi connectivity index (χ0n) is 15.3. The third kappa shape index (κ3) is 6.06. The number of hydrogen-bond donors (Lipinski definition) is 2. The zero-order chi connectivity index (χ0) is 21.0. The van der Waals surface area contributed by atoms with Gasteiger partial charge < -0.3 is 5.32 Å². The standard InChI is InChI=1S/C19H17F2N3O3S2/c1-29(26,27)24-17-5-3-2-4-13(17)9-18(25)23-19-22-11-15(28-19)8-12-6-7-14(20)10-16(12)21/h2-7,10-11,24H,8-9H2,1H3,(H,22,23,25). The van der Waals surface area contributed by atoms with Crippen molar-refractivity contribution in [2.45, 2.75) is 12.8 Å². The second kappa shape index (κ2) is 8.66. The molecule has 6 nitrogen and oxygen atoms in total. The number of aromatic nitrogens is 1. The van der Waals surface area contributed by atoms with Crippen LogP contribution in [0.1, 0.15) is 16.0 Å². The fraction of sp³-hybridized carbons (Fsp3) is 0.158. The lowest BCUT2D eigenvalue weighted by Crippen LogP contribution is -2.17. The molecule has 0 aliphatic heterocycles. The van der Waals surface area contributed by atoms with Crippen molar-refractivity contribution in [3.05, 3.63) is 76.3 Å². The van der Waals surface area contributed by atoms with Gasteiger partial charge in [-0.15, -0.1) is 11.3 Å². The van der Waals surface area contributed by atoms with Crippen molar-refractivity contribution in [2.24, 2.45) is 0 Å². The van der Waals surface area contributed by atoms with Crippen molar-refractivity contribution in [3.63, 3.8) is 0 Å². The number of nitrogens with zero attached hydrogens (tertiary/aromatic N) is 1. The summed E-state index contributed by atoms with van der Waals surface area (Å²) < 4.78 is 52.1. The van der Waals surface area contributed by atoms with Crippen LogP contribution in [0.3, 0.4) is 0 Å². The average molecular weight is 437 g/mol. The fourth-order valence-corrected chi connectivity index (χ4v) is 4.06. The van der Waals surface area contributed by atoms with E-state index < -0.39 is 21.7 Å². The van der Waals surface area contributed by atoms with Crippen LogP contribution in [0.5, 0.6) is 0 Å². The second-order valence-electron chi connectivity index (χ2n) is 6.30. The number of rotatable bonds is 7. The van der Waals surface area contributed by atoms with Gasteiger partial charge in [-0.2, -0.15) is 0 Å². The Morgan fingerprint density at radius 1 is 1.14 bits per heavy atom. The summed E-state index contributed by atoms with van der Waals surface area (Å²) in [6.45, 7) is 0. The van der Waals surface area contributed by atoms with Crippen molar-refractivity contribution in [3.8, 4) is 0 Å². The third-order valence-electron chi connectivity index (χ3n) is 3.84. The summed E-state index contributed by atoms with van der Waals surface area (Å²) in [4.78, 5) is 17.1. The lowest BCUT2D eigenvalue weighted by molar-refractivity contribution is -0.115. The van der Waals surface area contributed by atoms with Crippen LogP contribution in [0.25, 0.3) is 0 Å². The molecule has 2 aromatic carbocycles.